The van der Waals surface area contributed by atoms with Crippen LogP contribution in [0.1, 0.15) is 24.8 Å². The molecule has 0 radical (unpaired) electrons. The van der Waals surface area contributed by atoms with E-state index in [1.165, 1.54) is 0 Å². The highest BCUT2D eigenvalue weighted by Gasteiger charge is 2.18. The van der Waals surface area contributed by atoms with Crippen molar-refractivity contribution >= 4 is 21.9 Å². The average molecular weight is 367 g/mol. The smallest absolute Gasteiger partial charge is 0.310 e. The van der Waals surface area contributed by atoms with Crippen LogP contribution in [0.3, 0.4) is 0 Å². The van der Waals surface area contributed by atoms with Gasteiger partial charge >= 0.3 is 5.97 Å². The van der Waals surface area contributed by atoms with Crippen molar-refractivity contribution in [3.8, 4) is 11.5 Å². The van der Waals surface area contributed by atoms with E-state index in [0.29, 0.717) is 37.2 Å². The Morgan fingerprint density at radius 1 is 1.23 bits per heavy atom. The van der Waals surface area contributed by atoms with E-state index in [0.717, 1.165) is 29.3 Å². The van der Waals surface area contributed by atoms with Gasteiger partial charge in [0.1, 0.15) is 13.2 Å². The molecule has 22 heavy (non-hydrogen) atoms. The van der Waals surface area contributed by atoms with E-state index in [-0.39, 0.29) is 12.4 Å². The molecule has 1 heterocycles. The zero-order valence-electron chi connectivity index (χ0n) is 12.3. The lowest BCUT2D eigenvalue weighted by atomic mass is 9.95. The molecule has 1 aromatic rings. The summed E-state index contributed by atoms with van der Waals surface area (Å²) >= 11 is 3.48. The third-order valence-electron chi connectivity index (χ3n) is 3.90. The molecular formula is C17H19BrO4. The van der Waals surface area contributed by atoms with Gasteiger partial charge in [-0.15, -0.1) is 0 Å². The van der Waals surface area contributed by atoms with Gasteiger partial charge in [0.2, 0.25) is 0 Å². The van der Waals surface area contributed by atoms with Gasteiger partial charge in [-0.2, -0.15) is 0 Å². The van der Waals surface area contributed by atoms with Crippen LogP contribution in [0.2, 0.25) is 0 Å². The number of esters is 1. The second-order valence-electron chi connectivity index (χ2n) is 5.60. The summed E-state index contributed by atoms with van der Waals surface area (Å²) in [4.78, 5) is 12.0. The molecule has 0 N–H and O–H groups in total. The maximum absolute atomic E-state index is 12.0. The lowest BCUT2D eigenvalue weighted by molar-refractivity contribution is -0.144. The number of rotatable bonds is 4. The highest BCUT2D eigenvalue weighted by molar-refractivity contribution is 9.10. The molecule has 1 aromatic carbocycles. The zero-order chi connectivity index (χ0) is 15.4. The Balaban J connectivity index is 1.57. The number of benzene rings is 1. The van der Waals surface area contributed by atoms with E-state index in [2.05, 4.69) is 28.1 Å². The van der Waals surface area contributed by atoms with Crippen LogP contribution in [0.25, 0.3) is 0 Å². The molecule has 0 saturated carbocycles. The summed E-state index contributed by atoms with van der Waals surface area (Å²) in [6.45, 7) is 1.59. The summed E-state index contributed by atoms with van der Waals surface area (Å²) < 4.78 is 17.3. The van der Waals surface area contributed by atoms with Crippen LogP contribution >= 0.6 is 15.9 Å². The maximum atomic E-state index is 12.0. The van der Waals surface area contributed by atoms with E-state index < -0.39 is 0 Å². The van der Waals surface area contributed by atoms with Crippen molar-refractivity contribution in [1.29, 1.82) is 0 Å². The third-order valence-corrected chi connectivity index (χ3v) is 4.64. The Kier molecular flexibility index (Phi) is 5.03. The Labute approximate surface area is 138 Å². The number of halogens is 1. The van der Waals surface area contributed by atoms with Crippen LogP contribution in [0.5, 0.6) is 11.5 Å². The molecule has 0 aromatic heterocycles. The lowest BCUT2D eigenvalue weighted by Gasteiger charge is -2.20. The Bertz CT molecular complexity index is 582. The number of hydrogen-bond donors (Lipinski definition) is 0. The molecule has 0 fully saturated rings. The number of allylic oxidation sites excluding steroid dienone is 2. The van der Waals surface area contributed by atoms with E-state index >= 15 is 0 Å². The Hall–Kier alpha value is -1.49. The fraction of sp³-hybridized carbons (Fsp3) is 0.471. The second-order valence-corrected chi connectivity index (χ2v) is 6.45. The van der Waals surface area contributed by atoms with Crippen molar-refractivity contribution in [2.75, 3.05) is 19.8 Å². The summed E-state index contributed by atoms with van der Waals surface area (Å²) in [6, 6.07) is 3.70. The normalized spacial score (nSPS) is 19.8. The number of hydrogen-bond acceptors (Lipinski definition) is 4. The Morgan fingerprint density at radius 3 is 2.73 bits per heavy atom. The first-order valence-corrected chi connectivity index (χ1v) is 8.40. The van der Waals surface area contributed by atoms with E-state index in [1.54, 1.807) is 0 Å². The molecule has 0 saturated heterocycles. The number of ether oxygens (including phenoxy) is 3. The van der Waals surface area contributed by atoms with Crippen molar-refractivity contribution in [3.05, 3.63) is 34.3 Å². The standard InChI is InChI=1S/C17H19BrO4/c18-14-10-16-15(20-6-7-21-16)8-13(14)9-17(19)22-11-12-4-2-1-3-5-12/h1-2,8,10,12H,3-7,9,11H2. The van der Waals surface area contributed by atoms with Gasteiger partial charge in [-0.05, 0) is 42.9 Å². The lowest BCUT2D eigenvalue weighted by Crippen LogP contribution is -2.18. The summed E-state index contributed by atoms with van der Waals surface area (Å²) in [5, 5.41) is 0. The highest BCUT2D eigenvalue weighted by Crippen LogP contribution is 2.35. The summed E-state index contributed by atoms with van der Waals surface area (Å²) in [5.74, 6) is 1.66. The first-order chi connectivity index (χ1) is 10.7. The summed E-state index contributed by atoms with van der Waals surface area (Å²) in [6.07, 6.45) is 7.76. The minimum absolute atomic E-state index is 0.202. The monoisotopic (exact) mass is 366 g/mol. The van der Waals surface area contributed by atoms with Crippen molar-refractivity contribution in [2.24, 2.45) is 5.92 Å². The van der Waals surface area contributed by atoms with Gasteiger partial charge in [0.05, 0.1) is 13.0 Å². The second kappa shape index (κ2) is 7.18. The van der Waals surface area contributed by atoms with Crippen LogP contribution < -0.4 is 9.47 Å². The largest absolute Gasteiger partial charge is 0.486 e. The number of fused-ring (bicyclic) bond motifs is 1. The van der Waals surface area contributed by atoms with Crippen molar-refractivity contribution < 1.29 is 19.0 Å². The van der Waals surface area contributed by atoms with Crippen LogP contribution in [-0.4, -0.2) is 25.8 Å². The fourth-order valence-electron chi connectivity index (χ4n) is 2.67. The van der Waals surface area contributed by atoms with Gasteiger partial charge in [0.15, 0.2) is 11.5 Å². The summed E-state index contributed by atoms with van der Waals surface area (Å²) in [7, 11) is 0. The van der Waals surface area contributed by atoms with Gasteiger partial charge in [-0.3, -0.25) is 4.79 Å². The molecule has 5 heteroatoms. The van der Waals surface area contributed by atoms with Gasteiger partial charge < -0.3 is 14.2 Å². The molecular weight excluding hydrogens is 348 g/mol. The number of carbonyl (C=O) groups is 1. The SMILES string of the molecule is O=C(Cc1cc2c(cc1Br)OCCO2)OCC1CC=CCC1. The van der Waals surface area contributed by atoms with E-state index in [9.17, 15) is 4.79 Å². The van der Waals surface area contributed by atoms with E-state index in [1.807, 2.05) is 12.1 Å². The quantitative estimate of drug-likeness (QED) is 0.602. The predicted molar refractivity (Wildman–Crippen MR) is 86.3 cm³/mol. The van der Waals surface area contributed by atoms with Crippen molar-refractivity contribution in [1.82, 2.24) is 0 Å². The van der Waals surface area contributed by atoms with Gasteiger partial charge in [-0.1, -0.05) is 28.1 Å². The molecule has 2 aliphatic rings. The molecule has 3 rings (SSSR count). The number of carbonyl (C=O) groups excluding carboxylic acids is 1. The Morgan fingerprint density at radius 2 is 2.00 bits per heavy atom. The third kappa shape index (κ3) is 3.83. The molecule has 4 nitrogen and oxygen atoms in total. The molecule has 1 atom stereocenters. The van der Waals surface area contributed by atoms with Crippen LogP contribution in [0.4, 0.5) is 0 Å². The van der Waals surface area contributed by atoms with Crippen molar-refractivity contribution in [3.63, 3.8) is 0 Å². The van der Waals surface area contributed by atoms with Crippen LogP contribution in [0, 0.1) is 5.92 Å². The molecule has 0 amide bonds. The highest BCUT2D eigenvalue weighted by atomic mass is 79.9. The molecule has 0 bridgehead atoms. The average Bonchev–Trinajstić information content (AvgIpc) is 2.55. The topological polar surface area (TPSA) is 44.8 Å². The molecule has 1 aliphatic carbocycles. The molecule has 118 valence electrons. The minimum Gasteiger partial charge on any atom is -0.486 e. The fourth-order valence-corrected chi connectivity index (χ4v) is 3.13. The molecule has 1 aliphatic heterocycles. The van der Waals surface area contributed by atoms with Gasteiger partial charge in [-0.25, -0.2) is 0 Å². The first-order valence-electron chi connectivity index (χ1n) is 7.61. The first kappa shape index (κ1) is 15.4. The van der Waals surface area contributed by atoms with Gasteiger partial charge in [0, 0.05) is 4.47 Å². The van der Waals surface area contributed by atoms with E-state index in [4.69, 9.17) is 14.2 Å². The molecule has 1 unspecified atom stereocenters. The predicted octanol–water partition coefficient (Wildman–Crippen LogP) is 3.66. The van der Waals surface area contributed by atoms with Crippen LogP contribution in [0.15, 0.2) is 28.8 Å². The van der Waals surface area contributed by atoms with Crippen LogP contribution in [-0.2, 0) is 16.0 Å². The minimum atomic E-state index is -0.202. The maximum Gasteiger partial charge on any atom is 0.310 e. The van der Waals surface area contributed by atoms with Gasteiger partial charge in [0.25, 0.3) is 0 Å². The van der Waals surface area contributed by atoms with Crippen molar-refractivity contribution in [2.45, 2.75) is 25.7 Å². The summed E-state index contributed by atoms with van der Waals surface area (Å²) in [5.41, 5.74) is 0.859. The molecule has 0 spiro atoms. The zero-order valence-corrected chi connectivity index (χ0v) is 13.9.